The Labute approximate surface area is 141 Å². The molecule has 24 heavy (non-hydrogen) atoms. The van der Waals surface area contributed by atoms with E-state index in [-0.39, 0.29) is 17.5 Å². The third kappa shape index (κ3) is 2.19. The van der Waals surface area contributed by atoms with Crippen LogP contribution >= 0.6 is 0 Å². The van der Waals surface area contributed by atoms with Crippen molar-refractivity contribution in [3.8, 4) is 23.0 Å². The maximum absolute atomic E-state index is 10.2. The van der Waals surface area contributed by atoms with Crippen LogP contribution in [0, 0.1) is 0 Å². The summed E-state index contributed by atoms with van der Waals surface area (Å²) in [5, 5.41) is 19.9. The summed E-state index contributed by atoms with van der Waals surface area (Å²) in [6, 6.07) is 7.90. The highest BCUT2D eigenvalue weighted by molar-refractivity contribution is 5.53. The van der Waals surface area contributed by atoms with Gasteiger partial charge in [0.2, 0.25) is 0 Å². The molecule has 0 fully saturated rings. The van der Waals surface area contributed by atoms with Crippen molar-refractivity contribution in [2.75, 3.05) is 20.8 Å². The molecule has 0 radical (unpaired) electrons. The van der Waals surface area contributed by atoms with Gasteiger partial charge in [0.25, 0.3) is 0 Å². The molecule has 2 N–H and O–H groups in total. The molecule has 2 aromatic carbocycles. The number of phenols is 2. The lowest BCUT2D eigenvalue weighted by Gasteiger charge is -2.41. The monoisotopic (exact) mass is 327 g/mol. The van der Waals surface area contributed by atoms with Crippen LogP contribution in [-0.2, 0) is 19.4 Å². The maximum Gasteiger partial charge on any atom is 0.162 e. The quantitative estimate of drug-likeness (QED) is 0.831. The summed E-state index contributed by atoms with van der Waals surface area (Å²) in [6.45, 7) is 1.57. The average Bonchev–Trinajstić information content (AvgIpc) is 2.62. The molecule has 0 bridgehead atoms. The van der Waals surface area contributed by atoms with Crippen LogP contribution in [0.5, 0.6) is 23.0 Å². The number of hydrogen-bond donors (Lipinski definition) is 2. The lowest BCUT2D eigenvalue weighted by molar-refractivity contribution is 0.157. The van der Waals surface area contributed by atoms with E-state index in [0.717, 1.165) is 42.0 Å². The fourth-order valence-electron chi connectivity index (χ4n) is 3.95. The predicted molar refractivity (Wildman–Crippen MR) is 89.9 cm³/mol. The number of ether oxygens (including phenoxy) is 2. The van der Waals surface area contributed by atoms with Crippen LogP contribution in [-0.4, -0.2) is 35.9 Å². The largest absolute Gasteiger partial charge is 0.504 e. The fraction of sp³-hybridized carbons (Fsp3) is 0.368. The molecule has 0 saturated heterocycles. The Bertz CT molecular complexity index is 802. The molecule has 5 heteroatoms. The molecule has 2 aromatic rings. The van der Waals surface area contributed by atoms with E-state index in [0.29, 0.717) is 6.54 Å². The second-order valence-electron chi connectivity index (χ2n) is 6.42. The van der Waals surface area contributed by atoms with Crippen LogP contribution in [0.4, 0.5) is 0 Å². The minimum absolute atomic E-state index is 0.0176. The van der Waals surface area contributed by atoms with E-state index in [9.17, 15) is 10.2 Å². The number of fused-ring (bicyclic) bond motifs is 4. The highest BCUT2D eigenvalue weighted by atomic mass is 16.5. The summed E-state index contributed by atoms with van der Waals surface area (Å²) in [5.41, 5.74) is 4.49. The van der Waals surface area contributed by atoms with E-state index in [4.69, 9.17) is 9.47 Å². The van der Waals surface area contributed by atoms with E-state index in [1.807, 2.05) is 6.07 Å². The Hall–Kier alpha value is -2.40. The van der Waals surface area contributed by atoms with Crippen molar-refractivity contribution in [3.05, 3.63) is 46.5 Å². The Morgan fingerprint density at radius 3 is 2.54 bits per heavy atom. The van der Waals surface area contributed by atoms with E-state index in [2.05, 4.69) is 17.0 Å². The van der Waals surface area contributed by atoms with Crippen molar-refractivity contribution >= 4 is 0 Å². The molecule has 2 heterocycles. The van der Waals surface area contributed by atoms with Crippen LogP contribution in [0.15, 0.2) is 24.3 Å². The number of methoxy groups -OCH3 is 2. The number of nitrogens with zero attached hydrogens (tertiary/aromatic N) is 1. The predicted octanol–water partition coefficient (Wildman–Crippen LogP) is 2.77. The minimum atomic E-state index is -0.0454. The topological polar surface area (TPSA) is 62.2 Å². The van der Waals surface area contributed by atoms with Crippen molar-refractivity contribution in [1.82, 2.24) is 4.90 Å². The van der Waals surface area contributed by atoms with E-state index in [1.165, 1.54) is 11.1 Å². The molecule has 4 rings (SSSR count). The summed E-state index contributed by atoms with van der Waals surface area (Å²) in [4.78, 5) is 2.36. The first-order chi connectivity index (χ1) is 11.6. The Morgan fingerprint density at radius 1 is 1.04 bits per heavy atom. The summed E-state index contributed by atoms with van der Waals surface area (Å²) in [5.74, 6) is 1.49. The zero-order chi connectivity index (χ0) is 16.8. The summed E-state index contributed by atoms with van der Waals surface area (Å²) in [7, 11) is 3.31. The lowest BCUT2D eigenvalue weighted by atomic mass is 9.83. The molecular weight excluding hydrogens is 306 g/mol. The van der Waals surface area contributed by atoms with Gasteiger partial charge in [-0.25, -0.2) is 0 Å². The number of aromatic hydroxyl groups is 2. The first kappa shape index (κ1) is 15.1. The minimum Gasteiger partial charge on any atom is -0.504 e. The number of benzene rings is 2. The van der Waals surface area contributed by atoms with Crippen molar-refractivity contribution in [1.29, 1.82) is 0 Å². The fourth-order valence-corrected chi connectivity index (χ4v) is 3.95. The molecule has 0 saturated carbocycles. The zero-order valence-electron chi connectivity index (χ0n) is 13.9. The van der Waals surface area contributed by atoms with E-state index < -0.39 is 0 Å². The Morgan fingerprint density at radius 2 is 1.79 bits per heavy atom. The number of phenolic OH excluding ortho intramolecular Hbond substituents is 2. The summed E-state index contributed by atoms with van der Waals surface area (Å²) < 4.78 is 10.9. The molecule has 0 amide bonds. The molecule has 126 valence electrons. The van der Waals surface area contributed by atoms with Gasteiger partial charge in [0.1, 0.15) is 0 Å². The third-order valence-corrected chi connectivity index (χ3v) is 5.25. The van der Waals surface area contributed by atoms with Gasteiger partial charge in [-0.05, 0) is 47.7 Å². The smallest absolute Gasteiger partial charge is 0.162 e. The van der Waals surface area contributed by atoms with Crippen LogP contribution in [0.2, 0.25) is 0 Å². The SMILES string of the molecule is COc1cc2c(cc1OC)C1Cc3ccc(O)c(O)c3CN1CC2. The summed E-state index contributed by atoms with van der Waals surface area (Å²) in [6.07, 6.45) is 1.74. The third-order valence-electron chi connectivity index (χ3n) is 5.25. The Balaban J connectivity index is 1.78. The molecule has 0 spiro atoms. The highest BCUT2D eigenvalue weighted by Gasteiger charge is 2.34. The molecule has 1 unspecified atom stereocenters. The first-order valence-electron chi connectivity index (χ1n) is 8.14. The average molecular weight is 327 g/mol. The first-order valence-corrected chi connectivity index (χ1v) is 8.14. The van der Waals surface area contributed by atoms with Gasteiger partial charge in [0, 0.05) is 24.7 Å². The molecule has 2 aliphatic rings. The number of rotatable bonds is 2. The maximum atomic E-state index is 10.2. The molecule has 0 aliphatic carbocycles. The molecule has 2 aliphatic heterocycles. The van der Waals surface area contributed by atoms with Gasteiger partial charge in [-0.15, -0.1) is 0 Å². The lowest BCUT2D eigenvalue weighted by Crippen LogP contribution is -2.39. The van der Waals surface area contributed by atoms with Gasteiger partial charge in [-0.2, -0.15) is 0 Å². The second kappa shape index (κ2) is 5.60. The van der Waals surface area contributed by atoms with Gasteiger partial charge in [0.05, 0.1) is 14.2 Å². The van der Waals surface area contributed by atoms with Crippen LogP contribution in [0.25, 0.3) is 0 Å². The van der Waals surface area contributed by atoms with Gasteiger partial charge in [-0.1, -0.05) is 6.07 Å². The molecule has 5 nitrogen and oxygen atoms in total. The highest BCUT2D eigenvalue weighted by Crippen LogP contribution is 2.45. The number of hydrogen-bond acceptors (Lipinski definition) is 5. The van der Waals surface area contributed by atoms with E-state index in [1.54, 1.807) is 20.3 Å². The van der Waals surface area contributed by atoms with Gasteiger partial charge in [0.15, 0.2) is 23.0 Å². The molecule has 0 aromatic heterocycles. The van der Waals surface area contributed by atoms with Crippen LogP contribution in [0.3, 0.4) is 0 Å². The van der Waals surface area contributed by atoms with Crippen molar-refractivity contribution < 1.29 is 19.7 Å². The van der Waals surface area contributed by atoms with Crippen LogP contribution in [0.1, 0.15) is 28.3 Å². The van der Waals surface area contributed by atoms with Crippen molar-refractivity contribution in [2.24, 2.45) is 0 Å². The normalized spacial score (nSPS) is 19.2. The van der Waals surface area contributed by atoms with Gasteiger partial charge in [-0.3, -0.25) is 4.90 Å². The standard InChI is InChI=1S/C19H21NO4/c1-23-17-8-12-5-6-20-10-14-11(3-4-16(21)19(14)22)7-15(20)13(12)9-18(17)24-2/h3-4,8-9,15,21-22H,5-7,10H2,1-2H3. The van der Waals surface area contributed by atoms with Gasteiger partial charge < -0.3 is 19.7 Å². The van der Waals surface area contributed by atoms with Crippen molar-refractivity contribution in [2.45, 2.75) is 25.4 Å². The molecule has 1 atom stereocenters. The second-order valence-corrected chi connectivity index (χ2v) is 6.42. The zero-order valence-corrected chi connectivity index (χ0v) is 13.9. The Kier molecular flexibility index (Phi) is 3.53. The summed E-state index contributed by atoms with van der Waals surface area (Å²) >= 11 is 0. The van der Waals surface area contributed by atoms with Crippen molar-refractivity contribution in [3.63, 3.8) is 0 Å². The van der Waals surface area contributed by atoms with Gasteiger partial charge >= 0.3 is 0 Å². The van der Waals surface area contributed by atoms with Crippen LogP contribution < -0.4 is 9.47 Å². The van der Waals surface area contributed by atoms with E-state index >= 15 is 0 Å². The molecular formula is C19H21NO4.